The van der Waals surface area contributed by atoms with Crippen molar-refractivity contribution in [1.82, 2.24) is 15.1 Å². The molecule has 0 spiro atoms. The van der Waals surface area contributed by atoms with Crippen molar-refractivity contribution in [3.63, 3.8) is 0 Å². The van der Waals surface area contributed by atoms with Gasteiger partial charge in [-0.2, -0.15) is 5.26 Å². The Kier molecular flexibility index (Phi) is 6.78. The van der Waals surface area contributed by atoms with E-state index in [9.17, 15) is 9.18 Å². The lowest BCUT2D eigenvalue weighted by molar-refractivity contribution is 0.114. The van der Waals surface area contributed by atoms with Crippen molar-refractivity contribution in [3.8, 4) is 6.19 Å². The van der Waals surface area contributed by atoms with Crippen LogP contribution >= 0.6 is 0 Å². The number of carbonyl (C=O) groups excluding carboxylic acids is 1. The van der Waals surface area contributed by atoms with E-state index in [1.807, 2.05) is 18.0 Å². The van der Waals surface area contributed by atoms with Crippen LogP contribution in [0, 0.1) is 23.2 Å². The van der Waals surface area contributed by atoms with Crippen LogP contribution in [0.25, 0.3) is 0 Å². The molecule has 1 fully saturated rings. The van der Waals surface area contributed by atoms with E-state index in [-0.39, 0.29) is 23.8 Å². The molecular weight excluding hydrogens is 335 g/mol. The maximum Gasteiger partial charge on any atom is 0.317 e. The number of hydrogen-bond acceptors (Lipinski definition) is 3. The molecule has 1 unspecified atom stereocenters. The zero-order chi connectivity index (χ0) is 19.1. The van der Waals surface area contributed by atoms with E-state index in [1.165, 1.54) is 12.1 Å². The molecule has 1 heterocycles. The van der Waals surface area contributed by atoms with E-state index in [1.54, 1.807) is 17.0 Å². The molecule has 1 aliphatic heterocycles. The number of benzene rings is 1. The highest BCUT2D eigenvalue weighted by atomic mass is 19.1. The predicted octanol–water partition coefficient (Wildman–Crippen LogP) is 2.45. The predicted molar refractivity (Wildman–Crippen MR) is 99.0 cm³/mol. The summed E-state index contributed by atoms with van der Waals surface area (Å²) >= 11 is 0. The van der Waals surface area contributed by atoms with E-state index >= 15 is 0 Å². The molecule has 2 amide bonds. The fourth-order valence-corrected chi connectivity index (χ4v) is 2.96. The third-order valence-corrected chi connectivity index (χ3v) is 4.33. The molecule has 0 aromatic heterocycles. The normalized spacial score (nSPS) is 17.8. The number of carbonyl (C=O) groups is 1. The summed E-state index contributed by atoms with van der Waals surface area (Å²) in [7, 11) is 0. The average molecular weight is 360 g/mol. The topological polar surface area (TPSA) is 83.8 Å². The lowest BCUT2D eigenvalue weighted by Crippen LogP contribution is -2.60. The fraction of sp³-hybridized carbons (Fsp3) is 0.500. The molecule has 1 atom stereocenters. The number of urea groups is 1. The Morgan fingerprint density at radius 3 is 2.65 bits per heavy atom. The Morgan fingerprint density at radius 1 is 1.38 bits per heavy atom. The fourth-order valence-electron chi connectivity index (χ4n) is 2.96. The van der Waals surface area contributed by atoms with Gasteiger partial charge in [0.1, 0.15) is 5.82 Å². The summed E-state index contributed by atoms with van der Waals surface area (Å²) in [6.45, 7) is 8.23. The monoisotopic (exact) mass is 360 g/mol. The van der Waals surface area contributed by atoms with Gasteiger partial charge in [0.15, 0.2) is 0 Å². The summed E-state index contributed by atoms with van der Waals surface area (Å²) in [5, 5.41) is 15.0. The molecule has 0 saturated carbocycles. The van der Waals surface area contributed by atoms with Crippen molar-refractivity contribution in [3.05, 3.63) is 30.1 Å². The van der Waals surface area contributed by atoms with Crippen molar-refractivity contribution in [2.75, 3.05) is 31.5 Å². The largest absolute Gasteiger partial charge is 0.338 e. The zero-order valence-corrected chi connectivity index (χ0v) is 15.4. The molecule has 7 nitrogen and oxygen atoms in total. The van der Waals surface area contributed by atoms with Gasteiger partial charge in [-0.15, -0.1) is 4.99 Å². The summed E-state index contributed by atoms with van der Waals surface area (Å²) in [6.07, 6.45) is 1.83. The van der Waals surface area contributed by atoms with Gasteiger partial charge < -0.3 is 20.4 Å². The third kappa shape index (κ3) is 4.85. The number of nitriles is 1. The molecule has 1 aliphatic rings. The van der Waals surface area contributed by atoms with Crippen LogP contribution in [0.15, 0.2) is 29.3 Å². The van der Waals surface area contributed by atoms with Crippen LogP contribution in [-0.4, -0.2) is 54.0 Å². The first kappa shape index (κ1) is 19.5. The lowest BCUT2D eigenvalue weighted by Gasteiger charge is -2.44. The van der Waals surface area contributed by atoms with Crippen LogP contribution in [0.5, 0.6) is 0 Å². The van der Waals surface area contributed by atoms with Gasteiger partial charge in [0.25, 0.3) is 0 Å². The summed E-state index contributed by atoms with van der Waals surface area (Å²) in [6, 6.07) is 5.81. The average Bonchev–Trinajstić information content (AvgIpc) is 2.63. The number of aliphatic imine (C=N–C) groups is 1. The first-order chi connectivity index (χ1) is 12.5. The number of rotatable bonds is 3. The smallest absolute Gasteiger partial charge is 0.317 e. The highest BCUT2D eigenvalue weighted by molar-refractivity contribution is 5.94. The molecular formula is C18H25FN6O. The second-order valence-electron chi connectivity index (χ2n) is 6.45. The van der Waals surface area contributed by atoms with Crippen LogP contribution in [0.2, 0.25) is 0 Å². The zero-order valence-electron chi connectivity index (χ0n) is 15.4. The van der Waals surface area contributed by atoms with Crippen LogP contribution in [0.4, 0.5) is 14.9 Å². The number of nitrogens with zero attached hydrogens (tertiary/aromatic N) is 4. The van der Waals surface area contributed by atoms with E-state index in [0.717, 1.165) is 0 Å². The highest BCUT2D eigenvalue weighted by Gasteiger charge is 2.33. The highest BCUT2D eigenvalue weighted by Crippen LogP contribution is 2.19. The SMILES string of the molecule is CCNC(=O)N1CCN(/C(=N\C#N)Nc2ccc(F)cc2)C(C(C)C)C1. The van der Waals surface area contributed by atoms with E-state index in [2.05, 4.69) is 29.5 Å². The first-order valence-corrected chi connectivity index (χ1v) is 8.75. The standard InChI is InChI=1S/C18H25FN6O/c1-4-21-18(26)24-9-10-25(16(11-24)13(2)3)17(22-12-20)23-15-7-5-14(19)6-8-15/h5-8,13,16H,4,9-11H2,1-3H3,(H,21,26)(H,22,23). The molecule has 1 aromatic rings. The number of amides is 2. The van der Waals surface area contributed by atoms with Gasteiger partial charge in [0.05, 0.1) is 6.04 Å². The van der Waals surface area contributed by atoms with Crippen LogP contribution in [0.3, 0.4) is 0 Å². The summed E-state index contributed by atoms with van der Waals surface area (Å²) < 4.78 is 13.1. The molecule has 8 heteroatoms. The van der Waals surface area contributed by atoms with Gasteiger partial charge in [-0.25, -0.2) is 9.18 Å². The van der Waals surface area contributed by atoms with Crippen LogP contribution in [-0.2, 0) is 0 Å². The Balaban J connectivity index is 2.19. The maximum absolute atomic E-state index is 13.1. The van der Waals surface area contributed by atoms with E-state index in [0.29, 0.717) is 37.8 Å². The minimum absolute atomic E-state index is 0.00593. The van der Waals surface area contributed by atoms with Crippen molar-refractivity contribution in [1.29, 1.82) is 5.26 Å². The van der Waals surface area contributed by atoms with Crippen molar-refractivity contribution in [2.24, 2.45) is 10.9 Å². The lowest BCUT2D eigenvalue weighted by atomic mass is 10.00. The minimum Gasteiger partial charge on any atom is -0.338 e. The molecule has 26 heavy (non-hydrogen) atoms. The van der Waals surface area contributed by atoms with Crippen molar-refractivity contribution in [2.45, 2.75) is 26.8 Å². The second kappa shape index (κ2) is 9.04. The quantitative estimate of drug-likeness (QED) is 0.493. The second-order valence-corrected chi connectivity index (χ2v) is 6.45. The Morgan fingerprint density at radius 2 is 2.08 bits per heavy atom. The summed E-state index contributed by atoms with van der Waals surface area (Å²) in [5.74, 6) is 0.324. The maximum atomic E-state index is 13.1. The number of anilines is 1. The third-order valence-electron chi connectivity index (χ3n) is 4.33. The molecule has 0 bridgehead atoms. The van der Waals surface area contributed by atoms with Gasteiger partial charge >= 0.3 is 6.03 Å². The molecule has 1 aromatic carbocycles. The van der Waals surface area contributed by atoms with Crippen molar-refractivity contribution >= 4 is 17.7 Å². The molecule has 0 aliphatic carbocycles. The van der Waals surface area contributed by atoms with Gasteiger partial charge in [0.2, 0.25) is 12.2 Å². The molecule has 2 rings (SSSR count). The molecule has 1 saturated heterocycles. The number of guanidine groups is 1. The van der Waals surface area contributed by atoms with E-state index in [4.69, 9.17) is 5.26 Å². The Labute approximate surface area is 153 Å². The first-order valence-electron chi connectivity index (χ1n) is 8.75. The number of piperazine rings is 1. The van der Waals surface area contributed by atoms with Gasteiger partial charge in [0, 0.05) is 31.9 Å². The number of hydrogen-bond donors (Lipinski definition) is 2. The molecule has 0 radical (unpaired) electrons. The minimum atomic E-state index is -0.329. The van der Waals surface area contributed by atoms with Crippen LogP contribution < -0.4 is 10.6 Å². The van der Waals surface area contributed by atoms with Crippen molar-refractivity contribution < 1.29 is 9.18 Å². The summed E-state index contributed by atoms with van der Waals surface area (Å²) in [5.41, 5.74) is 0.647. The van der Waals surface area contributed by atoms with Crippen LogP contribution in [0.1, 0.15) is 20.8 Å². The van der Waals surface area contributed by atoms with Gasteiger partial charge in [-0.3, -0.25) is 0 Å². The number of halogens is 1. The van der Waals surface area contributed by atoms with Gasteiger partial charge in [-0.05, 0) is 37.1 Å². The van der Waals surface area contributed by atoms with E-state index < -0.39 is 0 Å². The molecule has 140 valence electrons. The number of nitrogens with one attached hydrogen (secondary N) is 2. The Hall–Kier alpha value is -2.82. The van der Waals surface area contributed by atoms with Gasteiger partial charge in [-0.1, -0.05) is 13.8 Å². The molecule has 2 N–H and O–H groups in total. The summed E-state index contributed by atoms with van der Waals surface area (Å²) in [4.78, 5) is 19.9. The Bertz CT molecular complexity index is 682.